The molecule has 19 heavy (non-hydrogen) atoms. The van der Waals surface area contributed by atoms with E-state index in [0.29, 0.717) is 10.2 Å². The van der Waals surface area contributed by atoms with Crippen LogP contribution in [0.5, 0.6) is 0 Å². The summed E-state index contributed by atoms with van der Waals surface area (Å²) >= 11 is 3.23. The topological polar surface area (TPSA) is 68.1 Å². The molecule has 5 nitrogen and oxygen atoms in total. The van der Waals surface area contributed by atoms with Crippen molar-refractivity contribution in [3.63, 3.8) is 0 Å². The molecule has 0 radical (unpaired) electrons. The van der Waals surface area contributed by atoms with Gasteiger partial charge in [0.2, 0.25) is 0 Å². The molecule has 0 fully saturated rings. The van der Waals surface area contributed by atoms with Crippen LogP contribution >= 0.6 is 15.9 Å². The van der Waals surface area contributed by atoms with Gasteiger partial charge in [-0.05, 0) is 31.2 Å². The second-order valence-electron chi connectivity index (χ2n) is 4.04. The molecule has 98 valence electrons. The number of rotatable bonds is 4. The second-order valence-corrected chi connectivity index (χ2v) is 4.95. The van der Waals surface area contributed by atoms with E-state index >= 15 is 0 Å². The molecule has 0 saturated carbocycles. The van der Waals surface area contributed by atoms with Crippen molar-refractivity contribution in [2.45, 2.75) is 13.0 Å². The molecular formula is C13H12BrN3O2. The lowest BCUT2D eigenvalue weighted by atomic mass is 10.2. The Kier molecular flexibility index (Phi) is 4.11. The molecule has 0 aliphatic carbocycles. The molecule has 0 spiro atoms. The van der Waals surface area contributed by atoms with Gasteiger partial charge in [-0.25, -0.2) is 0 Å². The Morgan fingerprint density at radius 3 is 2.79 bits per heavy atom. The summed E-state index contributed by atoms with van der Waals surface area (Å²) in [5, 5.41) is 14.1. The van der Waals surface area contributed by atoms with E-state index in [1.165, 1.54) is 6.07 Å². The van der Waals surface area contributed by atoms with Gasteiger partial charge in [0.15, 0.2) is 0 Å². The number of nitro groups is 1. The molecule has 6 heteroatoms. The summed E-state index contributed by atoms with van der Waals surface area (Å²) < 4.78 is 0.676. The summed E-state index contributed by atoms with van der Waals surface area (Å²) in [6.45, 7) is 1.91. The summed E-state index contributed by atoms with van der Waals surface area (Å²) in [5.41, 5.74) is 1.35. The van der Waals surface area contributed by atoms with Crippen LogP contribution in [0.2, 0.25) is 0 Å². The number of nitro benzene ring substituents is 1. The third kappa shape index (κ3) is 3.29. The average molecular weight is 322 g/mol. The highest BCUT2D eigenvalue weighted by atomic mass is 79.9. The fraction of sp³-hybridized carbons (Fsp3) is 0.154. The van der Waals surface area contributed by atoms with Crippen LogP contribution in [0.25, 0.3) is 0 Å². The van der Waals surface area contributed by atoms with Crippen molar-refractivity contribution < 1.29 is 4.92 Å². The molecule has 1 heterocycles. The molecule has 2 aromatic rings. The van der Waals surface area contributed by atoms with E-state index in [4.69, 9.17) is 0 Å². The van der Waals surface area contributed by atoms with Crippen molar-refractivity contribution in [3.8, 4) is 0 Å². The molecule has 1 aromatic carbocycles. The third-order valence-electron chi connectivity index (χ3n) is 2.66. The van der Waals surface area contributed by atoms with Crippen LogP contribution in [0, 0.1) is 10.1 Å². The first-order valence-electron chi connectivity index (χ1n) is 5.69. The van der Waals surface area contributed by atoms with Crippen molar-refractivity contribution in [1.82, 2.24) is 4.98 Å². The average Bonchev–Trinajstić information content (AvgIpc) is 2.41. The summed E-state index contributed by atoms with van der Waals surface area (Å²) in [7, 11) is 0. The molecule has 0 aliphatic rings. The number of aromatic nitrogens is 1. The molecule has 1 aromatic heterocycles. The maximum Gasteiger partial charge on any atom is 0.293 e. The second kappa shape index (κ2) is 5.79. The number of nitrogens with one attached hydrogen (secondary N) is 1. The molecular weight excluding hydrogens is 310 g/mol. The number of pyridine rings is 1. The minimum atomic E-state index is -0.405. The van der Waals surface area contributed by atoms with Gasteiger partial charge in [0.25, 0.3) is 5.69 Å². The van der Waals surface area contributed by atoms with E-state index in [1.807, 2.05) is 25.1 Å². The first kappa shape index (κ1) is 13.5. The molecule has 1 unspecified atom stereocenters. The number of nitrogens with zero attached hydrogens (tertiary/aromatic N) is 2. The van der Waals surface area contributed by atoms with Crippen LogP contribution in [-0.2, 0) is 0 Å². The summed E-state index contributed by atoms with van der Waals surface area (Å²) in [6.07, 6.45) is 1.70. The van der Waals surface area contributed by atoms with Gasteiger partial charge in [0.1, 0.15) is 5.69 Å². The van der Waals surface area contributed by atoms with Gasteiger partial charge < -0.3 is 5.32 Å². The Bertz CT molecular complexity index is 590. The van der Waals surface area contributed by atoms with E-state index in [9.17, 15) is 10.1 Å². The predicted octanol–water partition coefficient (Wildman–Crippen LogP) is 3.93. The van der Waals surface area contributed by atoms with Crippen molar-refractivity contribution >= 4 is 27.3 Å². The number of anilines is 1. The maximum atomic E-state index is 11.0. The van der Waals surface area contributed by atoms with Gasteiger partial charge in [-0.3, -0.25) is 15.1 Å². The molecule has 1 N–H and O–H groups in total. The van der Waals surface area contributed by atoms with Crippen LogP contribution in [0.15, 0.2) is 47.1 Å². The van der Waals surface area contributed by atoms with Gasteiger partial charge in [-0.1, -0.05) is 22.0 Å². The first-order valence-corrected chi connectivity index (χ1v) is 6.48. The van der Waals surface area contributed by atoms with Crippen LogP contribution in [0.3, 0.4) is 0 Å². The van der Waals surface area contributed by atoms with Crippen molar-refractivity contribution in [2.24, 2.45) is 0 Å². The van der Waals surface area contributed by atoms with Gasteiger partial charge in [0.05, 0.1) is 16.7 Å². The fourth-order valence-corrected chi connectivity index (χ4v) is 2.07. The number of hydrogen-bond donors (Lipinski definition) is 1. The Labute approximate surface area is 119 Å². The van der Waals surface area contributed by atoms with Crippen LogP contribution in [0.4, 0.5) is 11.4 Å². The maximum absolute atomic E-state index is 11.0. The zero-order valence-electron chi connectivity index (χ0n) is 10.2. The predicted molar refractivity (Wildman–Crippen MR) is 77.1 cm³/mol. The Morgan fingerprint density at radius 2 is 2.16 bits per heavy atom. The fourth-order valence-electron chi connectivity index (χ4n) is 1.72. The number of hydrogen-bond acceptors (Lipinski definition) is 4. The van der Waals surface area contributed by atoms with Gasteiger partial charge in [-0.2, -0.15) is 0 Å². The summed E-state index contributed by atoms with van der Waals surface area (Å²) in [6, 6.07) is 10.4. The Balaban J connectivity index is 2.26. The highest BCUT2D eigenvalue weighted by Crippen LogP contribution is 2.30. The SMILES string of the molecule is CC(Nc1ccc(Br)cc1[N+](=O)[O-])c1ccccn1. The zero-order chi connectivity index (χ0) is 13.8. The number of benzene rings is 1. The van der Waals surface area contributed by atoms with E-state index in [2.05, 4.69) is 26.2 Å². The quantitative estimate of drug-likeness (QED) is 0.684. The van der Waals surface area contributed by atoms with Crippen LogP contribution in [-0.4, -0.2) is 9.91 Å². The first-order chi connectivity index (χ1) is 9.08. The molecule has 0 saturated heterocycles. The Hall–Kier alpha value is -1.95. The van der Waals surface area contributed by atoms with Crippen molar-refractivity contribution in [1.29, 1.82) is 0 Å². The minimum Gasteiger partial charge on any atom is -0.371 e. The highest BCUT2D eigenvalue weighted by Gasteiger charge is 2.16. The van der Waals surface area contributed by atoms with Gasteiger partial charge >= 0.3 is 0 Å². The molecule has 0 bridgehead atoms. The largest absolute Gasteiger partial charge is 0.371 e. The van der Waals surface area contributed by atoms with E-state index in [0.717, 1.165) is 5.69 Å². The number of halogens is 1. The van der Waals surface area contributed by atoms with Crippen LogP contribution in [0.1, 0.15) is 18.7 Å². The minimum absolute atomic E-state index is 0.0390. The van der Waals surface area contributed by atoms with Crippen LogP contribution < -0.4 is 5.32 Å². The normalized spacial score (nSPS) is 11.9. The standard InChI is InChI=1S/C13H12BrN3O2/c1-9(11-4-2-3-7-15-11)16-12-6-5-10(14)8-13(12)17(18)19/h2-9,16H,1H3. The molecule has 2 rings (SSSR count). The smallest absolute Gasteiger partial charge is 0.293 e. The lowest BCUT2D eigenvalue weighted by Gasteiger charge is -2.14. The molecule has 0 aliphatic heterocycles. The van der Waals surface area contributed by atoms with Gasteiger partial charge in [0, 0.05) is 16.7 Å². The molecule has 1 atom stereocenters. The van der Waals surface area contributed by atoms with Gasteiger partial charge in [-0.15, -0.1) is 0 Å². The third-order valence-corrected chi connectivity index (χ3v) is 3.15. The van der Waals surface area contributed by atoms with E-state index in [-0.39, 0.29) is 11.7 Å². The van der Waals surface area contributed by atoms with E-state index in [1.54, 1.807) is 18.3 Å². The summed E-state index contributed by atoms with van der Waals surface area (Å²) in [4.78, 5) is 14.8. The lowest BCUT2D eigenvalue weighted by molar-refractivity contribution is -0.384. The molecule has 0 amide bonds. The monoisotopic (exact) mass is 321 g/mol. The van der Waals surface area contributed by atoms with Crippen molar-refractivity contribution in [2.75, 3.05) is 5.32 Å². The lowest BCUT2D eigenvalue weighted by Crippen LogP contribution is -2.09. The Morgan fingerprint density at radius 1 is 1.37 bits per heavy atom. The van der Waals surface area contributed by atoms with Crippen molar-refractivity contribution in [3.05, 3.63) is 62.9 Å². The zero-order valence-corrected chi connectivity index (χ0v) is 11.8. The summed E-state index contributed by atoms with van der Waals surface area (Å²) in [5.74, 6) is 0. The van der Waals surface area contributed by atoms with E-state index < -0.39 is 4.92 Å². The highest BCUT2D eigenvalue weighted by molar-refractivity contribution is 9.10.